The van der Waals surface area contributed by atoms with Crippen molar-refractivity contribution in [2.24, 2.45) is 0 Å². The second-order valence-corrected chi connectivity index (χ2v) is 2.36. The zero-order valence-electron chi connectivity index (χ0n) is 6.51. The Balaban J connectivity index is 2.86. The zero-order valence-corrected chi connectivity index (χ0v) is 6.51. The predicted octanol–water partition coefficient (Wildman–Crippen LogP) is 0.789. The van der Waals surface area contributed by atoms with Crippen LogP contribution in [0.5, 0.6) is 0 Å². The molecule has 1 rings (SSSR count). The largest absolute Gasteiger partial charge is 0.345 e. The molecule has 0 aliphatic rings. The van der Waals surface area contributed by atoms with E-state index >= 15 is 0 Å². The van der Waals surface area contributed by atoms with Gasteiger partial charge in [0.2, 0.25) is 0 Å². The summed E-state index contributed by atoms with van der Waals surface area (Å²) in [6, 6.07) is 11.1. The van der Waals surface area contributed by atoms with Gasteiger partial charge in [0.25, 0.3) is 5.91 Å². The monoisotopic (exact) mass is 146 g/mol. The number of amides is 1. The molecule has 0 atom stereocenters. The van der Waals surface area contributed by atoms with Gasteiger partial charge in [-0.1, -0.05) is 0 Å². The summed E-state index contributed by atoms with van der Waals surface area (Å²) >= 11 is 0. The van der Waals surface area contributed by atoms with E-state index in [0.717, 1.165) is 0 Å². The number of nitrogens with zero attached hydrogens (tertiary/aromatic N) is 1. The van der Waals surface area contributed by atoms with Crippen LogP contribution in [0.4, 0.5) is 0 Å². The molecule has 0 aliphatic carbocycles. The maximum atomic E-state index is 11.2. The Morgan fingerprint density at radius 1 is 1.36 bits per heavy atom. The fourth-order valence-electron chi connectivity index (χ4n) is 0.693. The molecule has 1 aromatic carbocycles. The van der Waals surface area contributed by atoms with Crippen LogP contribution >= 0.6 is 0 Å². The quantitative estimate of drug-likeness (QED) is 0.573. The minimum atomic E-state index is -0.0356. The Morgan fingerprint density at radius 2 is 1.91 bits per heavy atom. The molecule has 0 fully saturated rings. The third-order valence-corrected chi connectivity index (χ3v) is 1.25. The molecule has 0 N–H and O–H groups in total. The smallest absolute Gasteiger partial charge is 0.253 e. The Kier molecular flexibility index (Phi) is 2.26. The van der Waals surface area contributed by atoms with E-state index in [0.29, 0.717) is 5.56 Å². The van der Waals surface area contributed by atoms with E-state index < -0.39 is 0 Å². The van der Waals surface area contributed by atoms with Gasteiger partial charge in [-0.15, -0.1) is 0 Å². The van der Waals surface area contributed by atoms with Crippen LogP contribution in [0, 0.1) is 18.2 Å². The highest BCUT2D eigenvalue weighted by Crippen LogP contribution is 1.99. The number of carbonyl (C=O) groups excluding carboxylic acids is 1. The van der Waals surface area contributed by atoms with Crippen molar-refractivity contribution in [2.45, 2.75) is 0 Å². The number of hydrogen-bond acceptors (Lipinski definition) is 1. The van der Waals surface area contributed by atoms with Crippen LogP contribution in [0.2, 0.25) is 0 Å². The van der Waals surface area contributed by atoms with E-state index in [1.165, 1.54) is 4.90 Å². The SMILES string of the molecule is CN(C)C(=O)c1c[c][c][c]c1. The van der Waals surface area contributed by atoms with E-state index in [4.69, 9.17) is 0 Å². The Morgan fingerprint density at radius 3 is 2.36 bits per heavy atom. The molecule has 0 spiro atoms. The van der Waals surface area contributed by atoms with Gasteiger partial charge in [-0.25, -0.2) is 0 Å². The van der Waals surface area contributed by atoms with Crippen molar-refractivity contribution in [1.82, 2.24) is 4.90 Å². The van der Waals surface area contributed by atoms with Gasteiger partial charge in [-0.3, -0.25) is 4.79 Å². The third-order valence-electron chi connectivity index (χ3n) is 1.25. The van der Waals surface area contributed by atoms with Crippen LogP contribution in [-0.4, -0.2) is 24.9 Å². The van der Waals surface area contributed by atoms with Crippen molar-refractivity contribution >= 4 is 5.91 Å². The Bertz CT molecular complexity index is 241. The van der Waals surface area contributed by atoms with Crippen molar-refractivity contribution < 1.29 is 4.79 Å². The summed E-state index contributed by atoms with van der Waals surface area (Å²) in [7, 11) is 3.41. The van der Waals surface area contributed by atoms with Crippen LogP contribution in [0.25, 0.3) is 0 Å². The van der Waals surface area contributed by atoms with Gasteiger partial charge >= 0.3 is 0 Å². The summed E-state index contributed by atoms with van der Waals surface area (Å²) in [4.78, 5) is 12.7. The molecule has 0 aliphatic heterocycles. The van der Waals surface area contributed by atoms with Crippen LogP contribution in [0.3, 0.4) is 0 Å². The predicted molar refractivity (Wildman–Crippen MR) is 41.0 cm³/mol. The maximum absolute atomic E-state index is 11.2. The van der Waals surface area contributed by atoms with Crippen molar-refractivity contribution in [2.75, 3.05) is 14.1 Å². The molecule has 0 saturated heterocycles. The Labute approximate surface area is 66.4 Å². The molecule has 1 amide bonds. The first-order valence-electron chi connectivity index (χ1n) is 3.23. The highest BCUT2D eigenvalue weighted by Gasteiger charge is 2.05. The molecular formula is C9H8NO. The molecule has 1 aromatic rings. The van der Waals surface area contributed by atoms with Crippen molar-refractivity contribution in [3.8, 4) is 0 Å². The van der Waals surface area contributed by atoms with E-state index in [1.807, 2.05) is 0 Å². The van der Waals surface area contributed by atoms with Crippen molar-refractivity contribution in [1.29, 1.82) is 0 Å². The first-order chi connectivity index (χ1) is 5.22. The molecule has 2 nitrogen and oxygen atoms in total. The number of benzene rings is 1. The lowest BCUT2D eigenvalue weighted by atomic mass is 10.2. The van der Waals surface area contributed by atoms with E-state index in [-0.39, 0.29) is 5.91 Å². The molecule has 3 radical (unpaired) electrons. The fraction of sp³-hybridized carbons (Fsp3) is 0.222. The minimum Gasteiger partial charge on any atom is -0.345 e. The molecule has 0 heterocycles. The number of carbonyl (C=O) groups is 1. The van der Waals surface area contributed by atoms with Crippen molar-refractivity contribution in [3.63, 3.8) is 0 Å². The summed E-state index contributed by atoms with van der Waals surface area (Å²) in [6.07, 6.45) is 0. The minimum absolute atomic E-state index is 0.0356. The number of hydrogen-bond donors (Lipinski definition) is 0. The van der Waals surface area contributed by atoms with Gasteiger partial charge in [0.05, 0.1) is 0 Å². The van der Waals surface area contributed by atoms with Gasteiger partial charge in [0.1, 0.15) is 0 Å². The molecule has 0 saturated carbocycles. The van der Waals surface area contributed by atoms with E-state index in [1.54, 1.807) is 26.2 Å². The second kappa shape index (κ2) is 3.19. The third kappa shape index (κ3) is 1.80. The average molecular weight is 146 g/mol. The summed E-state index contributed by atoms with van der Waals surface area (Å²) < 4.78 is 0. The topological polar surface area (TPSA) is 20.3 Å². The lowest BCUT2D eigenvalue weighted by Gasteiger charge is -2.08. The van der Waals surface area contributed by atoms with Crippen LogP contribution in [0.15, 0.2) is 12.1 Å². The molecule has 0 unspecified atom stereocenters. The van der Waals surface area contributed by atoms with Crippen LogP contribution in [0.1, 0.15) is 10.4 Å². The molecular weight excluding hydrogens is 138 g/mol. The van der Waals surface area contributed by atoms with Crippen molar-refractivity contribution in [3.05, 3.63) is 35.9 Å². The van der Waals surface area contributed by atoms with Gasteiger partial charge in [0, 0.05) is 19.7 Å². The maximum Gasteiger partial charge on any atom is 0.253 e. The van der Waals surface area contributed by atoms with Crippen LogP contribution < -0.4 is 0 Å². The molecule has 2 heteroatoms. The lowest BCUT2D eigenvalue weighted by Crippen LogP contribution is -2.21. The summed E-state index contributed by atoms with van der Waals surface area (Å²) in [5, 5.41) is 0. The average Bonchev–Trinajstić information content (AvgIpc) is 2.05. The van der Waals surface area contributed by atoms with Gasteiger partial charge in [-0.2, -0.15) is 0 Å². The first kappa shape index (κ1) is 7.79. The fourth-order valence-corrected chi connectivity index (χ4v) is 0.693. The normalized spacial score (nSPS) is 9.27. The second-order valence-electron chi connectivity index (χ2n) is 2.36. The summed E-state index contributed by atoms with van der Waals surface area (Å²) in [5.74, 6) is -0.0356. The van der Waals surface area contributed by atoms with E-state index in [2.05, 4.69) is 18.2 Å². The molecule has 0 aromatic heterocycles. The first-order valence-corrected chi connectivity index (χ1v) is 3.23. The summed E-state index contributed by atoms with van der Waals surface area (Å²) in [6.45, 7) is 0. The standard InChI is InChI=1S/C9H8NO/c1-10(2)9(11)8-6-4-3-5-7-8/h6-7H,1-2H3. The number of rotatable bonds is 1. The summed E-state index contributed by atoms with van der Waals surface area (Å²) in [5.41, 5.74) is 0.591. The zero-order chi connectivity index (χ0) is 8.27. The Hall–Kier alpha value is -1.31. The molecule has 11 heavy (non-hydrogen) atoms. The highest BCUT2D eigenvalue weighted by molar-refractivity contribution is 5.93. The van der Waals surface area contributed by atoms with Gasteiger partial charge in [0.15, 0.2) is 0 Å². The van der Waals surface area contributed by atoms with Gasteiger partial charge < -0.3 is 4.90 Å². The molecule has 55 valence electrons. The molecule has 0 bridgehead atoms. The highest BCUT2D eigenvalue weighted by atomic mass is 16.2. The van der Waals surface area contributed by atoms with Crippen LogP contribution in [-0.2, 0) is 0 Å². The van der Waals surface area contributed by atoms with Gasteiger partial charge in [-0.05, 0) is 30.3 Å². The lowest BCUT2D eigenvalue weighted by molar-refractivity contribution is 0.0827. The van der Waals surface area contributed by atoms with E-state index in [9.17, 15) is 4.79 Å².